The summed E-state index contributed by atoms with van der Waals surface area (Å²) < 4.78 is 1.87. The van der Waals surface area contributed by atoms with Crippen LogP contribution in [0.3, 0.4) is 0 Å². The molecular weight excluding hydrogens is 364 g/mol. The highest BCUT2D eigenvalue weighted by Gasteiger charge is 2.15. The van der Waals surface area contributed by atoms with Crippen LogP contribution in [0.2, 0.25) is 0 Å². The van der Waals surface area contributed by atoms with Gasteiger partial charge in [0.1, 0.15) is 17.4 Å². The normalized spacial score (nSPS) is 11.5. The minimum absolute atomic E-state index is 0.101. The van der Waals surface area contributed by atoms with Crippen LogP contribution in [0, 0.1) is 0 Å². The van der Waals surface area contributed by atoms with Crippen LogP contribution in [0.4, 0.5) is 0 Å². The summed E-state index contributed by atoms with van der Waals surface area (Å²) in [5, 5.41) is 22.6. The molecule has 3 rings (SSSR count). The van der Waals surface area contributed by atoms with E-state index in [1.165, 1.54) is 0 Å². The Balaban J connectivity index is 1.92. The van der Waals surface area contributed by atoms with Crippen molar-refractivity contribution in [2.24, 2.45) is 4.99 Å². The van der Waals surface area contributed by atoms with Crippen molar-refractivity contribution in [3.05, 3.63) is 84.0 Å². The number of nitrogens with zero attached hydrogens (tertiary/aromatic N) is 3. The highest BCUT2D eigenvalue weighted by Crippen LogP contribution is 2.26. The molecule has 0 fully saturated rings. The summed E-state index contributed by atoms with van der Waals surface area (Å²) in [6.45, 7) is 5.98. The second-order valence-corrected chi connectivity index (χ2v) is 6.56. The van der Waals surface area contributed by atoms with Crippen LogP contribution in [0.5, 0.6) is 5.88 Å². The van der Waals surface area contributed by atoms with Crippen molar-refractivity contribution in [3.8, 4) is 17.0 Å². The van der Waals surface area contributed by atoms with Crippen LogP contribution in [0.15, 0.2) is 66.3 Å². The number of aromatic nitrogens is 2. The van der Waals surface area contributed by atoms with Crippen molar-refractivity contribution in [2.45, 2.75) is 26.5 Å². The Labute approximate surface area is 170 Å². The van der Waals surface area contributed by atoms with Gasteiger partial charge in [-0.25, -0.2) is 0 Å². The van der Waals surface area contributed by atoms with Crippen LogP contribution in [-0.4, -0.2) is 32.6 Å². The van der Waals surface area contributed by atoms with E-state index >= 15 is 0 Å². The summed E-state index contributed by atoms with van der Waals surface area (Å²) in [7, 11) is 1.75. The minimum atomic E-state index is -0.250. The fraction of sp³-hybridized carbons (Fsp3) is 0.217. The Morgan fingerprint density at radius 2 is 1.93 bits per heavy atom. The number of imidazole rings is 1. The quantitative estimate of drug-likeness (QED) is 0.426. The lowest BCUT2D eigenvalue weighted by molar-refractivity contribution is 0.264. The number of aryl methyl sites for hydroxylation is 1. The van der Waals surface area contributed by atoms with E-state index in [-0.39, 0.29) is 12.5 Å². The van der Waals surface area contributed by atoms with Gasteiger partial charge in [0, 0.05) is 25.6 Å². The van der Waals surface area contributed by atoms with Gasteiger partial charge in [0.05, 0.1) is 6.61 Å². The molecule has 0 aliphatic carbocycles. The Morgan fingerprint density at radius 1 is 1.21 bits per heavy atom. The first-order valence-electron chi connectivity index (χ1n) is 9.53. The molecule has 150 valence electrons. The lowest BCUT2D eigenvalue weighted by Gasteiger charge is -2.13. The molecule has 3 aromatic rings. The number of rotatable bonds is 7. The van der Waals surface area contributed by atoms with Gasteiger partial charge in [0.25, 0.3) is 0 Å². The van der Waals surface area contributed by atoms with Gasteiger partial charge >= 0.3 is 0 Å². The molecule has 0 saturated carbocycles. The van der Waals surface area contributed by atoms with E-state index in [0.717, 1.165) is 33.9 Å². The third kappa shape index (κ3) is 4.22. The second-order valence-electron chi connectivity index (χ2n) is 6.56. The van der Waals surface area contributed by atoms with E-state index < -0.39 is 0 Å². The topological polar surface area (TPSA) is 82.7 Å². The van der Waals surface area contributed by atoms with Crippen molar-refractivity contribution in [1.29, 1.82) is 0 Å². The summed E-state index contributed by atoms with van der Waals surface area (Å²) in [5.74, 6) is 1.41. The molecule has 0 spiro atoms. The Bertz CT molecular complexity index is 1020. The van der Waals surface area contributed by atoms with Gasteiger partial charge in [0.2, 0.25) is 5.88 Å². The van der Waals surface area contributed by atoms with Gasteiger partial charge in [-0.05, 0) is 22.9 Å². The maximum absolute atomic E-state index is 9.95. The molecule has 0 unspecified atom stereocenters. The summed E-state index contributed by atoms with van der Waals surface area (Å²) >= 11 is 0. The molecule has 3 N–H and O–H groups in total. The highest BCUT2D eigenvalue weighted by atomic mass is 16.3. The second kappa shape index (κ2) is 9.21. The highest BCUT2D eigenvalue weighted by molar-refractivity contribution is 6.04. The number of aliphatic hydroxyl groups is 1. The molecule has 0 aliphatic heterocycles. The predicted octanol–water partition coefficient (Wildman–Crippen LogP) is 3.47. The molecule has 6 nitrogen and oxygen atoms in total. The SMILES string of the molecule is C=CNC(=NC)c1ccccc1-c1ccc(Cn2c(CC)nc(O)c2CO)cc1. The summed E-state index contributed by atoms with van der Waals surface area (Å²) in [6, 6.07) is 16.3. The van der Waals surface area contributed by atoms with E-state index in [4.69, 9.17) is 0 Å². The summed E-state index contributed by atoms with van der Waals surface area (Å²) in [4.78, 5) is 8.47. The van der Waals surface area contributed by atoms with E-state index in [9.17, 15) is 10.2 Å². The van der Waals surface area contributed by atoms with E-state index in [1.807, 2.05) is 41.8 Å². The van der Waals surface area contributed by atoms with Gasteiger partial charge < -0.3 is 20.1 Å². The molecule has 0 saturated heterocycles. The number of aliphatic imine (C=N–C) groups is 1. The molecule has 6 heteroatoms. The van der Waals surface area contributed by atoms with Crippen molar-refractivity contribution in [1.82, 2.24) is 14.9 Å². The first-order chi connectivity index (χ1) is 14.1. The predicted molar refractivity (Wildman–Crippen MR) is 116 cm³/mol. The van der Waals surface area contributed by atoms with Crippen LogP contribution in [0.1, 0.15) is 29.6 Å². The summed E-state index contributed by atoms with van der Waals surface area (Å²) in [6.07, 6.45) is 2.29. The smallest absolute Gasteiger partial charge is 0.235 e. The number of hydrogen-bond acceptors (Lipinski definition) is 4. The average Bonchev–Trinajstić information content (AvgIpc) is 3.06. The molecule has 0 bridgehead atoms. The van der Waals surface area contributed by atoms with Crippen LogP contribution >= 0.6 is 0 Å². The third-order valence-corrected chi connectivity index (χ3v) is 4.85. The minimum Gasteiger partial charge on any atom is -0.492 e. The molecule has 0 radical (unpaired) electrons. The van der Waals surface area contributed by atoms with Crippen LogP contribution in [-0.2, 0) is 19.6 Å². The van der Waals surface area contributed by atoms with Gasteiger partial charge in [-0.1, -0.05) is 62.0 Å². The molecule has 1 aromatic heterocycles. The number of amidine groups is 1. The molecule has 0 atom stereocenters. The van der Waals surface area contributed by atoms with Gasteiger partial charge in [-0.2, -0.15) is 4.98 Å². The number of aliphatic hydroxyl groups excluding tert-OH is 1. The largest absolute Gasteiger partial charge is 0.492 e. The van der Waals surface area contributed by atoms with Crippen molar-refractivity contribution >= 4 is 5.84 Å². The molecule has 0 aliphatic rings. The van der Waals surface area contributed by atoms with Gasteiger partial charge in [0.15, 0.2) is 0 Å². The third-order valence-electron chi connectivity index (χ3n) is 4.85. The van der Waals surface area contributed by atoms with E-state index in [2.05, 4.69) is 40.1 Å². The monoisotopic (exact) mass is 390 g/mol. The Hall–Kier alpha value is -3.38. The van der Waals surface area contributed by atoms with Crippen molar-refractivity contribution in [2.75, 3.05) is 7.05 Å². The van der Waals surface area contributed by atoms with Crippen LogP contribution < -0.4 is 5.32 Å². The Morgan fingerprint density at radius 3 is 2.55 bits per heavy atom. The van der Waals surface area contributed by atoms with E-state index in [1.54, 1.807) is 13.2 Å². The van der Waals surface area contributed by atoms with Gasteiger partial charge in [-0.15, -0.1) is 0 Å². The molecular formula is C23H26N4O2. The van der Waals surface area contributed by atoms with Crippen molar-refractivity contribution in [3.63, 3.8) is 0 Å². The Kier molecular flexibility index (Phi) is 6.46. The molecule has 2 aromatic carbocycles. The zero-order valence-corrected chi connectivity index (χ0v) is 16.8. The van der Waals surface area contributed by atoms with Crippen LogP contribution in [0.25, 0.3) is 11.1 Å². The molecule has 0 amide bonds. The number of nitrogens with one attached hydrogen (secondary N) is 1. The number of benzene rings is 2. The fourth-order valence-electron chi connectivity index (χ4n) is 3.41. The fourth-order valence-corrected chi connectivity index (χ4v) is 3.41. The summed E-state index contributed by atoms with van der Waals surface area (Å²) in [5.41, 5.74) is 4.64. The lowest BCUT2D eigenvalue weighted by Crippen LogP contribution is -2.19. The molecule has 1 heterocycles. The van der Waals surface area contributed by atoms with Gasteiger partial charge in [-0.3, -0.25) is 4.99 Å². The standard InChI is InChI=1S/C23H26N4O2/c1-4-21-26-23(29)20(15-28)27(21)14-16-10-12-17(13-11-16)18-8-6-7-9-19(18)22(24-3)25-5-2/h5-13,28-29H,2,4,14-15H2,1,3H3,(H,24,25). The maximum Gasteiger partial charge on any atom is 0.235 e. The average molecular weight is 390 g/mol. The zero-order chi connectivity index (χ0) is 20.8. The molecule has 29 heavy (non-hydrogen) atoms. The maximum atomic E-state index is 9.95. The van der Waals surface area contributed by atoms with Crippen molar-refractivity contribution < 1.29 is 10.2 Å². The lowest BCUT2D eigenvalue weighted by atomic mass is 9.98. The van der Waals surface area contributed by atoms with E-state index in [0.29, 0.717) is 18.7 Å². The first-order valence-corrected chi connectivity index (χ1v) is 9.53. The number of hydrogen-bond donors (Lipinski definition) is 3. The first kappa shape index (κ1) is 20.4. The number of aromatic hydroxyl groups is 1. The zero-order valence-electron chi connectivity index (χ0n) is 16.8.